The fourth-order valence-electron chi connectivity index (χ4n) is 4.35. The zero-order chi connectivity index (χ0) is 15.7. The molecule has 2 atom stereocenters. The van der Waals surface area contributed by atoms with E-state index < -0.39 is 0 Å². The summed E-state index contributed by atoms with van der Waals surface area (Å²) in [5.74, 6) is 0.405. The van der Waals surface area contributed by atoms with Crippen molar-refractivity contribution in [1.29, 1.82) is 0 Å². The van der Waals surface area contributed by atoms with Gasteiger partial charge in [0.15, 0.2) is 0 Å². The van der Waals surface area contributed by atoms with Crippen LogP contribution in [0.1, 0.15) is 36.9 Å². The third-order valence-electron chi connectivity index (χ3n) is 5.34. The first kappa shape index (κ1) is 13.3. The lowest BCUT2D eigenvalue weighted by Crippen LogP contribution is -2.25. The van der Waals surface area contributed by atoms with Gasteiger partial charge in [-0.2, -0.15) is 0 Å². The summed E-state index contributed by atoms with van der Waals surface area (Å²) in [5, 5.41) is 13.1. The minimum atomic E-state index is -0.142. The zero-order valence-electron chi connectivity index (χ0n) is 12.4. The molecule has 0 radical (unpaired) electrons. The van der Waals surface area contributed by atoms with Gasteiger partial charge in [0, 0.05) is 27.8 Å². The molecule has 23 heavy (non-hydrogen) atoms. The van der Waals surface area contributed by atoms with Gasteiger partial charge >= 0.3 is 5.69 Å². The van der Waals surface area contributed by atoms with Crippen LogP contribution in [0.5, 0.6) is 5.88 Å². The van der Waals surface area contributed by atoms with Crippen molar-refractivity contribution in [2.45, 2.75) is 31.2 Å². The van der Waals surface area contributed by atoms with Crippen molar-refractivity contribution in [2.24, 2.45) is 0 Å². The second kappa shape index (κ2) is 4.42. The van der Waals surface area contributed by atoms with E-state index in [0.717, 1.165) is 35.7 Å². The number of rotatable bonds is 1. The molecule has 3 aromatic rings. The number of aromatic nitrogens is 2. The van der Waals surface area contributed by atoms with Gasteiger partial charge in [0.25, 0.3) is 0 Å². The maximum absolute atomic E-state index is 12.9. The van der Waals surface area contributed by atoms with Crippen LogP contribution >= 0.6 is 11.6 Å². The number of hydrogen-bond acceptors (Lipinski definition) is 2. The predicted molar refractivity (Wildman–Crippen MR) is 89.8 cm³/mol. The third-order valence-corrected chi connectivity index (χ3v) is 5.67. The van der Waals surface area contributed by atoms with Crippen molar-refractivity contribution in [2.75, 3.05) is 0 Å². The summed E-state index contributed by atoms with van der Waals surface area (Å²) in [6.45, 7) is 0. The molecule has 1 aromatic heterocycles. The Morgan fingerprint density at radius 2 is 1.87 bits per heavy atom. The Bertz CT molecular complexity index is 1020. The predicted octanol–water partition coefficient (Wildman–Crippen LogP) is 3.97. The van der Waals surface area contributed by atoms with E-state index >= 15 is 0 Å². The number of hydrogen-bond donors (Lipinski definition) is 1. The summed E-state index contributed by atoms with van der Waals surface area (Å²) in [4.78, 5) is 12.9. The Morgan fingerprint density at radius 1 is 1.09 bits per heavy atom. The third kappa shape index (κ3) is 1.59. The van der Waals surface area contributed by atoms with Crippen LogP contribution in [0.4, 0.5) is 0 Å². The van der Waals surface area contributed by atoms with E-state index in [4.69, 9.17) is 11.6 Å². The molecule has 0 spiro atoms. The van der Waals surface area contributed by atoms with E-state index in [1.54, 1.807) is 10.6 Å². The molecule has 2 aromatic carbocycles. The topological polar surface area (TPSA) is 47.2 Å². The van der Waals surface area contributed by atoms with Crippen molar-refractivity contribution in [1.82, 2.24) is 9.13 Å². The first-order valence-corrected chi connectivity index (χ1v) is 8.28. The van der Waals surface area contributed by atoms with Crippen LogP contribution < -0.4 is 5.69 Å². The standard InChI is InChI=1S/C18H15ClN2O2/c19-14-7-8-15(13-4-2-1-3-12(13)14)21-17(22)16-10-5-6-11(9-10)20(16)18(21)23/h1-4,7-8,10-11,22H,5-6,9H2. The highest BCUT2D eigenvalue weighted by atomic mass is 35.5. The molecule has 2 unspecified atom stereocenters. The van der Waals surface area contributed by atoms with Crippen molar-refractivity contribution < 1.29 is 5.11 Å². The highest BCUT2D eigenvalue weighted by Gasteiger charge is 2.42. The second-order valence-corrected chi connectivity index (χ2v) is 6.88. The fraction of sp³-hybridized carbons (Fsp3) is 0.278. The molecule has 4 nitrogen and oxygen atoms in total. The maximum atomic E-state index is 12.9. The molecule has 1 aliphatic heterocycles. The largest absolute Gasteiger partial charge is 0.493 e. The normalized spacial score (nSPS) is 22.0. The number of nitrogens with zero attached hydrogens (tertiary/aromatic N) is 2. The average molecular weight is 327 g/mol. The molecule has 116 valence electrons. The van der Waals surface area contributed by atoms with Crippen LogP contribution in [-0.2, 0) is 0 Å². The van der Waals surface area contributed by atoms with Gasteiger partial charge in [0.05, 0.1) is 11.4 Å². The van der Waals surface area contributed by atoms with Crippen molar-refractivity contribution >= 4 is 22.4 Å². The number of fused-ring (bicyclic) bond motifs is 6. The maximum Gasteiger partial charge on any atom is 0.336 e. The number of imidazole rings is 1. The highest BCUT2D eigenvalue weighted by Crippen LogP contribution is 2.51. The van der Waals surface area contributed by atoms with Crippen LogP contribution in [0.2, 0.25) is 5.02 Å². The first-order chi connectivity index (χ1) is 11.2. The molecular formula is C18H15ClN2O2. The van der Waals surface area contributed by atoms with E-state index in [2.05, 4.69) is 0 Å². The molecule has 2 heterocycles. The molecular weight excluding hydrogens is 312 g/mol. The van der Waals surface area contributed by atoms with E-state index in [1.165, 1.54) is 4.57 Å². The number of aromatic hydroxyl groups is 1. The Hall–Kier alpha value is -2.20. The van der Waals surface area contributed by atoms with E-state index in [9.17, 15) is 9.90 Å². The lowest BCUT2D eigenvalue weighted by atomic mass is 10.1. The fourth-order valence-corrected chi connectivity index (χ4v) is 4.58. The molecule has 1 fully saturated rings. The SMILES string of the molecule is O=c1n(-c2ccc(Cl)c3ccccc23)c(O)c2n1C1CCC2C1. The molecule has 0 saturated heterocycles. The molecule has 1 aliphatic carbocycles. The van der Waals surface area contributed by atoms with Gasteiger partial charge in [-0.3, -0.25) is 4.57 Å². The van der Waals surface area contributed by atoms with Gasteiger partial charge in [-0.05, 0) is 31.4 Å². The van der Waals surface area contributed by atoms with Gasteiger partial charge < -0.3 is 5.11 Å². The van der Waals surface area contributed by atoms with Crippen LogP contribution in [0.3, 0.4) is 0 Å². The van der Waals surface area contributed by atoms with Crippen molar-refractivity contribution in [3.8, 4) is 11.6 Å². The highest BCUT2D eigenvalue weighted by molar-refractivity contribution is 6.35. The van der Waals surface area contributed by atoms with E-state index in [0.29, 0.717) is 16.6 Å². The van der Waals surface area contributed by atoms with Crippen molar-refractivity contribution in [3.63, 3.8) is 0 Å². The number of halogens is 1. The van der Waals surface area contributed by atoms with Gasteiger partial charge in [0.2, 0.25) is 5.88 Å². The molecule has 2 aliphatic rings. The van der Waals surface area contributed by atoms with E-state index in [-0.39, 0.29) is 17.6 Å². The van der Waals surface area contributed by atoms with Crippen LogP contribution in [0.25, 0.3) is 16.5 Å². The summed E-state index contributed by atoms with van der Waals surface area (Å²) in [7, 11) is 0. The smallest absolute Gasteiger partial charge is 0.336 e. The second-order valence-electron chi connectivity index (χ2n) is 6.47. The molecule has 0 amide bonds. The molecule has 5 heteroatoms. The van der Waals surface area contributed by atoms with Gasteiger partial charge in [-0.1, -0.05) is 35.9 Å². The molecule has 1 N–H and O–H groups in total. The Morgan fingerprint density at radius 3 is 2.65 bits per heavy atom. The first-order valence-electron chi connectivity index (χ1n) is 7.90. The lowest BCUT2D eigenvalue weighted by Gasteiger charge is -2.11. The summed E-state index contributed by atoms with van der Waals surface area (Å²) < 4.78 is 3.24. The minimum Gasteiger partial charge on any atom is -0.493 e. The summed E-state index contributed by atoms with van der Waals surface area (Å²) in [5.41, 5.74) is 1.36. The minimum absolute atomic E-state index is 0.0923. The Labute approximate surface area is 137 Å². The zero-order valence-corrected chi connectivity index (χ0v) is 13.1. The molecule has 2 bridgehead atoms. The Kier molecular flexibility index (Phi) is 2.55. The average Bonchev–Trinajstić information content (AvgIpc) is 3.24. The van der Waals surface area contributed by atoms with Gasteiger partial charge in [-0.25, -0.2) is 9.36 Å². The quantitative estimate of drug-likeness (QED) is 0.735. The van der Waals surface area contributed by atoms with Gasteiger partial charge in [-0.15, -0.1) is 0 Å². The van der Waals surface area contributed by atoms with Crippen LogP contribution in [-0.4, -0.2) is 14.2 Å². The van der Waals surface area contributed by atoms with Crippen LogP contribution in [0, 0.1) is 0 Å². The Balaban J connectivity index is 1.86. The van der Waals surface area contributed by atoms with Gasteiger partial charge in [0.1, 0.15) is 0 Å². The lowest BCUT2D eigenvalue weighted by molar-refractivity contribution is 0.428. The monoisotopic (exact) mass is 326 g/mol. The summed E-state index contributed by atoms with van der Waals surface area (Å²) in [6, 6.07) is 11.5. The van der Waals surface area contributed by atoms with E-state index in [1.807, 2.05) is 30.3 Å². The summed E-state index contributed by atoms with van der Waals surface area (Å²) >= 11 is 6.27. The number of benzene rings is 2. The summed E-state index contributed by atoms with van der Waals surface area (Å²) in [6.07, 6.45) is 3.08. The van der Waals surface area contributed by atoms with Crippen LogP contribution in [0.15, 0.2) is 41.2 Å². The van der Waals surface area contributed by atoms with Crippen molar-refractivity contribution in [3.05, 3.63) is 57.6 Å². The molecule has 5 rings (SSSR count). The molecule has 1 saturated carbocycles.